The van der Waals surface area contributed by atoms with Crippen LogP contribution in [0.15, 0.2) is 174 Å². The van der Waals surface area contributed by atoms with Crippen molar-refractivity contribution in [1.82, 2.24) is 21.0 Å². The minimum atomic E-state index is -5.21. The van der Waals surface area contributed by atoms with Crippen LogP contribution in [-0.4, -0.2) is 100 Å². The first kappa shape index (κ1) is 92.2. The largest absolute Gasteiger partial charge is 0.480 e. The van der Waals surface area contributed by atoms with E-state index in [9.17, 15) is 114 Å². The number of benzene rings is 8. The number of amides is 5. The van der Waals surface area contributed by atoms with Gasteiger partial charge in [-0.15, -0.1) is 0 Å². The number of halogens is 16. The first-order valence-corrected chi connectivity index (χ1v) is 35.7. The lowest BCUT2D eigenvalue weighted by Gasteiger charge is -2.23. The third kappa shape index (κ3) is 27.3. The maximum absolute atomic E-state index is 13.9. The molecule has 10 rings (SSSR count). The molecule has 1 aliphatic carbocycles. The van der Waals surface area contributed by atoms with Crippen molar-refractivity contribution in [2.75, 3.05) is 6.61 Å². The second-order valence-electron chi connectivity index (χ2n) is 27.6. The van der Waals surface area contributed by atoms with Crippen molar-refractivity contribution in [2.45, 2.75) is 147 Å². The molecule has 20 nitrogen and oxygen atoms in total. The molecule has 3 atom stereocenters. The highest BCUT2D eigenvalue weighted by Gasteiger charge is 2.43. The summed E-state index contributed by atoms with van der Waals surface area (Å²) in [7, 11) is 0. The summed E-state index contributed by atoms with van der Waals surface area (Å²) in [5.41, 5.74) is -2.21. The van der Waals surface area contributed by atoms with E-state index in [1.165, 1.54) is 12.1 Å². The van der Waals surface area contributed by atoms with Crippen LogP contribution in [-0.2, 0) is 92.3 Å². The number of nitrogens with zero attached hydrogens (tertiary/aromatic N) is 1. The number of hydrogen-bond acceptors (Lipinski definition) is 15. The van der Waals surface area contributed by atoms with E-state index >= 15 is 0 Å². The number of esters is 2. The Morgan fingerprint density at radius 3 is 1.11 bits per heavy atom. The Hall–Kier alpha value is -12.0. The molecule has 1 aliphatic heterocycles. The van der Waals surface area contributed by atoms with Crippen molar-refractivity contribution in [3.8, 4) is 11.1 Å². The zero-order valence-corrected chi connectivity index (χ0v) is 64.0. The van der Waals surface area contributed by atoms with Crippen molar-refractivity contribution in [3.63, 3.8) is 0 Å². The molecule has 117 heavy (non-hydrogen) atoms. The summed E-state index contributed by atoms with van der Waals surface area (Å²) >= 11 is 2.67. The first-order valence-electron chi connectivity index (χ1n) is 34.9. The Morgan fingerprint density at radius 2 is 0.752 bits per heavy atom. The lowest BCUT2D eigenvalue weighted by molar-refractivity contribution is -0.169. The molecule has 0 aromatic heterocycles. The van der Waals surface area contributed by atoms with Crippen LogP contribution >= 0.6 is 15.9 Å². The summed E-state index contributed by atoms with van der Waals surface area (Å²) in [6.45, 7) is 9.65. The molecule has 5 amide bonds. The van der Waals surface area contributed by atoms with E-state index in [1.807, 2.05) is 54.6 Å². The van der Waals surface area contributed by atoms with Crippen LogP contribution in [0.4, 0.5) is 80.2 Å². The Kier molecular flexibility index (Phi) is 31.6. The molecular weight excluding hydrogens is 1650 g/mol. The molecule has 8 aromatic rings. The molecule has 0 saturated heterocycles. The maximum atomic E-state index is 13.9. The highest BCUT2D eigenvalue weighted by molar-refractivity contribution is 9.10. The molecular formula is C81H72BrF15N4O16. The Labute approximate surface area is 666 Å². The third-order valence-corrected chi connectivity index (χ3v) is 16.9. The van der Waals surface area contributed by atoms with Gasteiger partial charge in [0, 0.05) is 10.4 Å². The molecule has 2 aliphatic rings. The van der Waals surface area contributed by atoms with E-state index in [1.54, 1.807) is 108 Å². The molecule has 0 fully saturated rings. The second kappa shape index (κ2) is 40.1. The van der Waals surface area contributed by atoms with Gasteiger partial charge in [0.05, 0.1) is 17.5 Å². The van der Waals surface area contributed by atoms with Crippen molar-refractivity contribution >= 4 is 69.9 Å². The predicted octanol–water partition coefficient (Wildman–Crippen LogP) is 18.4. The van der Waals surface area contributed by atoms with Gasteiger partial charge in [-0.05, 0) is 167 Å². The van der Waals surface area contributed by atoms with Gasteiger partial charge in [-0.25, -0.2) is 59.9 Å². The van der Waals surface area contributed by atoms with Gasteiger partial charge in [0.25, 0.3) is 11.8 Å². The number of hydroxylamine groups is 2. The fraction of sp³-hybridized carbons (Fsp3) is 0.296. The van der Waals surface area contributed by atoms with Gasteiger partial charge in [0.2, 0.25) is 0 Å². The minimum Gasteiger partial charge on any atom is -0.480 e. The van der Waals surface area contributed by atoms with Crippen LogP contribution in [0, 0.1) is 34.9 Å². The van der Waals surface area contributed by atoms with Crippen molar-refractivity contribution in [3.05, 3.63) is 270 Å². The standard InChI is InChI=1S/C26H20F5NO4.C25H26N2O8.C23H24F5NO4.C7H2BrF5/c27-20-11-14(12-21(28)23(20)26(29,30)31)9-10-22(24(33)34)32-25(35)36-13-19-17-7-3-1-5-15(17)16-6-2-4-8-18(16)19;1-25(2,3)34-24(32)26-19(23(31)33-15-16-9-5-4-6-10-16)13-14-20(28)35-27-21(29)17-11-7-8-12-18(17)22(27)30;1-22(2,3)33-21(31)29-18(20(30)32-13-14-7-5-4-6-8-14)10-9-15-11-16(24)19(17(25)12-15)23(26,27)28;8-3-1-4(9)6(5(10)2-3)7(11,12)13/h1-8,11-12,19,22H,9-10,13H2,(H,32,35)(H,33,34);4-12,19H,13-15H2,1-3H3,(H,26,32);4-8,11-12,18H,9-10,13H2,1-3H3,(H,29,31);1-2H/t22-;19-;18-;/m000./s1. The number of carboxylic acids is 1. The lowest BCUT2D eigenvalue weighted by atomic mass is 9.98. The van der Waals surface area contributed by atoms with E-state index < -0.39 is 160 Å². The van der Waals surface area contributed by atoms with Gasteiger partial charge in [-0.2, -0.15) is 39.5 Å². The number of carbonyl (C=O) groups is 9. The van der Waals surface area contributed by atoms with Crippen LogP contribution in [0.1, 0.15) is 144 Å². The van der Waals surface area contributed by atoms with Gasteiger partial charge in [-0.1, -0.05) is 142 Å². The van der Waals surface area contributed by atoms with Crippen LogP contribution in [0.25, 0.3) is 11.1 Å². The summed E-state index contributed by atoms with van der Waals surface area (Å²) in [5.74, 6) is -16.1. The summed E-state index contributed by atoms with van der Waals surface area (Å²) in [6, 6.07) is 38.2. The third-order valence-electron chi connectivity index (χ3n) is 16.4. The van der Waals surface area contributed by atoms with E-state index in [4.69, 9.17) is 28.5 Å². The smallest absolute Gasteiger partial charge is 0.422 e. The number of carboxylic acid groups (broad SMARTS) is 1. The molecule has 36 heteroatoms. The minimum absolute atomic E-state index is 0.0361. The molecule has 0 bridgehead atoms. The fourth-order valence-electron chi connectivity index (χ4n) is 11.3. The number of alkyl halides is 9. The van der Waals surface area contributed by atoms with Crippen molar-refractivity contribution < 1.29 is 143 Å². The Balaban J connectivity index is 0.000000225. The van der Waals surface area contributed by atoms with Crippen molar-refractivity contribution in [2.24, 2.45) is 0 Å². The van der Waals surface area contributed by atoms with Crippen LogP contribution < -0.4 is 16.0 Å². The van der Waals surface area contributed by atoms with Gasteiger partial charge in [0.1, 0.15) is 101 Å². The summed E-state index contributed by atoms with van der Waals surface area (Å²) in [6.07, 6.45) is -19.8. The molecule has 624 valence electrons. The fourth-order valence-corrected chi connectivity index (χ4v) is 11.7. The number of imide groups is 1. The highest BCUT2D eigenvalue weighted by Crippen LogP contribution is 2.45. The molecule has 0 spiro atoms. The highest BCUT2D eigenvalue weighted by atomic mass is 79.9. The summed E-state index contributed by atoms with van der Waals surface area (Å²) < 4.78 is 219. The molecule has 1 heterocycles. The normalized spacial score (nSPS) is 13.2. The molecule has 0 radical (unpaired) electrons. The Morgan fingerprint density at radius 1 is 0.427 bits per heavy atom. The van der Waals surface area contributed by atoms with E-state index in [0.717, 1.165) is 27.8 Å². The first-order chi connectivity index (χ1) is 54.7. The molecule has 8 aromatic carbocycles. The lowest BCUT2D eigenvalue weighted by Crippen LogP contribution is -2.44. The summed E-state index contributed by atoms with van der Waals surface area (Å²) in [5, 5.41) is 16.8. The Bertz CT molecular complexity index is 4760. The number of hydrogen-bond donors (Lipinski definition) is 4. The van der Waals surface area contributed by atoms with E-state index in [2.05, 4.69) is 31.9 Å². The van der Waals surface area contributed by atoms with Gasteiger partial charge in [-0.3, -0.25) is 9.59 Å². The van der Waals surface area contributed by atoms with Crippen molar-refractivity contribution in [1.29, 1.82) is 0 Å². The average molecular weight is 1720 g/mol. The average Bonchev–Trinajstić information content (AvgIpc) is 1.44. The number of aliphatic carboxylic acids is 1. The van der Waals surface area contributed by atoms with Crippen LogP contribution in [0.3, 0.4) is 0 Å². The zero-order chi connectivity index (χ0) is 86.7. The molecule has 4 N–H and O–H groups in total. The van der Waals surface area contributed by atoms with Gasteiger partial charge >= 0.3 is 60.7 Å². The SMILES string of the molecule is CC(C)(C)OC(=O)N[C@@H](CCC(=O)ON1C(=O)c2ccccc2C1=O)C(=O)OCc1ccccc1.CC(C)(C)OC(=O)N[C@@H](CCc1cc(F)c(C(F)(F)F)c(F)c1)C(=O)OCc1ccccc1.Fc1cc(Br)cc(F)c1C(F)(F)F.O=C(N[C@@H](CCc1cc(F)c(C(F)(F)F)c(F)c1)C(=O)O)OCC1c2ccccc2-c2ccccc21. The number of alkyl carbamates (subject to hydrolysis) is 3. The number of carbonyl (C=O) groups excluding carboxylic acids is 8. The number of ether oxygens (including phenoxy) is 5. The van der Waals surface area contributed by atoms with Crippen LogP contribution in [0.2, 0.25) is 0 Å². The number of rotatable bonds is 22. The summed E-state index contributed by atoms with van der Waals surface area (Å²) in [4.78, 5) is 116. The monoisotopic (exact) mass is 1720 g/mol. The van der Waals surface area contributed by atoms with Crippen LogP contribution in [0.5, 0.6) is 0 Å². The number of aryl methyl sites for hydroxylation is 2. The molecule has 0 unspecified atom stereocenters. The molecule has 0 saturated carbocycles. The maximum Gasteiger partial charge on any atom is 0.422 e. The number of fused-ring (bicyclic) bond motifs is 4. The van der Waals surface area contributed by atoms with E-state index in [-0.39, 0.29) is 84.6 Å². The predicted molar refractivity (Wildman–Crippen MR) is 389 cm³/mol. The van der Waals surface area contributed by atoms with Gasteiger partial charge in [0.15, 0.2) is 0 Å². The zero-order valence-electron chi connectivity index (χ0n) is 62.4. The quantitative estimate of drug-likeness (QED) is 0.0213. The van der Waals surface area contributed by atoms with E-state index in [0.29, 0.717) is 47.0 Å². The second-order valence-corrected chi connectivity index (χ2v) is 28.5. The van der Waals surface area contributed by atoms with Gasteiger partial charge < -0.3 is 49.6 Å². The topological polar surface area (TPSA) is 269 Å². The number of nitrogens with one attached hydrogen (secondary N) is 3.